The summed E-state index contributed by atoms with van der Waals surface area (Å²) in [5.41, 5.74) is 2.07. The fourth-order valence-corrected chi connectivity index (χ4v) is 2.90. The minimum absolute atomic E-state index is 0.0697. The van der Waals surface area contributed by atoms with Crippen molar-refractivity contribution in [2.45, 2.75) is 31.7 Å². The van der Waals surface area contributed by atoms with E-state index in [9.17, 15) is 9.18 Å². The lowest BCUT2D eigenvalue weighted by Gasteiger charge is -2.25. The van der Waals surface area contributed by atoms with E-state index in [1.54, 1.807) is 13.0 Å². The number of hydrogen-bond donors (Lipinski definition) is 1. The van der Waals surface area contributed by atoms with Gasteiger partial charge in [-0.05, 0) is 25.0 Å². The highest BCUT2D eigenvalue weighted by Gasteiger charge is 2.24. The minimum Gasteiger partial charge on any atom is -0.354 e. The van der Waals surface area contributed by atoms with Crippen molar-refractivity contribution in [3.63, 3.8) is 0 Å². The molecule has 1 aliphatic rings. The molecule has 3 rings (SSSR count). The third-order valence-electron chi connectivity index (χ3n) is 3.77. The first-order valence-corrected chi connectivity index (χ1v) is 7.13. The lowest BCUT2D eigenvalue weighted by Crippen LogP contribution is -2.36. The molecule has 2 aromatic rings. The zero-order chi connectivity index (χ0) is 14.3. The van der Waals surface area contributed by atoms with Crippen molar-refractivity contribution in [2.24, 2.45) is 0 Å². The van der Waals surface area contributed by atoms with Crippen LogP contribution in [0.5, 0.6) is 0 Å². The zero-order valence-corrected chi connectivity index (χ0v) is 11.9. The quantitative estimate of drug-likeness (QED) is 0.866. The molecule has 1 N–H and O–H groups in total. The zero-order valence-electron chi connectivity index (χ0n) is 11.1. The van der Waals surface area contributed by atoms with Gasteiger partial charge in [-0.1, -0.05) is 0 Å². The average molecular weight is 296 g/mol. The second-order valence-electron chi connectivity index (χ2n) is 5.12. The number of aryl methyl sites for hydroxylation is 1. The lowest BCUT2D eigenvalue weighted by atomic mass is 10.1. The fraction of sp³-hybridized carbons (Fsp3) is 0.429. The first-order chi connectivity index (χ1) is 9.60. The van der Waals surface area contributed by atoms with Gasteiger partial charge < -0.3 is 9.88 Å². The Morgan fingerprint density at radius 1 is 1.55 bits per heavy atom. The number of carbonyl (C=O) groups excluding carboxylic acids is 1. The lowest BCUT2D eigenvalue weighted by molar-refractivity contribution is -0.122. The maximum Gasteiger partial charge on any atom is 0.220 e. The number of fused-ring (bicyclic) bond motifs is 1. The molecule has 1 saturated heterocycles. The van der Waals surface area contributed by atoms with Crippen molar-refractivity contribution >= 4 is 28.5 Å². The van der Waals surface area contributed by atoms with Crippen LogP contribution in [0, 0.1) is 12.7 Å². The van der Waals surface area contributed by atoms with Gasteiger partial charge in [0.25, 0.3) is 0 Å². The highest BCUT2D eigenvalue weighted by molar-refractivity contribution is 6.16. The molecule has 2 heterocycles. The fourth-order valence-electron chi connectivity index (χ4n) is 2.71. The van der Waals surface area contributed by atoms with Crippen LogP contribution < -0.4 is 5.32 Å². The summed E-state index contributed by atoms with van der Waals surface area (Å²) >= 11 is 5.97. The van der Waals surface area contributed by atoms with Gasteiger partial charge in [0.2, 0.25) is 5.91 Å². The molecule has 1 aromatic heterocycles. The van der Waals surface area contributed by atoms with Gasteiger partial charge in [0.15, 0.2) is 0 Å². The number of imidazole rings is 1. The number of aromatic nitrogens is 2. The molecule has 0 bridgehead atoms. The van der Waals surface area contributed by atoms with Crippen molar-refractivity contribution in [2.75, 3.05) is 6.54 Å². The number of rotatable bonds is 2. The maximum atomic E-state index is 13.6. The van der Waals surface area contributed by atoms with Crippen LogP contribution in [0.4, 0.5) is 4.39 Å². The van der Waals surface area contributed by atoms with Gasteiger partial charge in [-0.25, -0.2) is 9.37 Å². The van der Waals surface area contributed by atoms with E-state index >= 15 is 0 Å². The van der Waals surface area contributed by atoms with Crippen LogP contribution in [0.3, 0.4) is 0 Å². The van der Waals surface area contributed by atoms with Gasteiger partial charge in [0.1, 0.15) is 11.6 Å². The van der Waals surface area contributed by atoms with E-state index in [0.717, 1.165) is 11.9 Å². The van der Waals surface area contributed by atoms with Gasteiger partial charge in [-0.3, -0.25) is 4.79 Å². The topological polar surface area (TPSA) is 46.9 Å². The summed E-state index contributed by atoms with van der Waals surface area (Å²) in [4.78, 5) is 15.7. The van der Waals surface area contributed by atoms with E-state index in [1.165, 1.54) is 6.07 Å². The highest BCUT2D eigenvalue weighted by atomic mass is 35.5. The van der Waals surface area contributed by atoms with Crippen LogP contribution in [0.2, 0.25) is 0 Å². The number of carbonyl (C=O) groups is 1. The van der Waals surface area contributed by atoms with Gasteiger partial charge in [-0.15, -0.1) is 11.6 Å². The predicted octanol–water partition coefficient (Wildman–Crippen LogP) is 2.67. The molecule has 0 saturated carbocycles. The summed E-state index contributed by atoms with van der Waals surface area (Å²) in [6.07, 6.45) is 1.24. The molecule has 1 aliphatic heterocycles. The Balaban J connectivity index is 2.12. The Hall–Kier alpha value is -1.62. The Morgan fingerprint density at radius 3 is 3.00 bits per heavy atom. The van der Waals surface area contributed by atoms with Gasteiger partial charge >= 0.3 is 0 Å². The monoisotopic (exact) mass is 295 g/mol. The van der Waals surface area contributed by atoms with E-state index in [1.807, 2.05) is 4.57 Å². The summed E-state index contributed by atoms with van der Waals surface area (Å²) in [5.74, 6) is 0.785. The molecule has 0 aliphatic carbocycles. The molecule has 1 unspecified atom stereocenters. The van der Waals surface area contributed by atoms with Crippen LogP contribution in [0.25, 0.3) is 11.0 Å². The molecule has 1 atom stereocenters. The van der Waals surface area contributed by atoms with E-state index < -0.39 is 0 Å². The van der Waals surface area contributed by atoms with Gasteiger partial charge in [-0.2, -0.15) is 0 Å². The molecule has 6 heteroatoms. The third kappa shape index (κ3) is 2.16. The maximum absolute atomic E-state index is 13.6. The minimum atomic E-state index is -0.264. The van der Waals surface area contributed by atoms with Gasteiger partial charge in [0.05, 0.1) is 23.0 Å². The predicted molar refractivity (Wildman–Crippen MR) is 75.3 cm³/mol. The molecule has 20 heavy (non-hydrogen) atoms. The van der Waals surface area contributed by atoms with Gasteiger partial charge in [0, 0.05) is 19.0 Å². The Bertz CT molecular complexity index is 673. The Kier molecular flexibility index (Phi) is 3.38. The van der Waals surface area contributed by atoms with Crippen LogP contribution in [0.1, 0.15) is 30.3 Å². The molecule has 1 amide bonds. The number of nitrogens with one attached hydrogen (secondary N) is 1. The number of amides is 1. The van der Waals surface area contributed by atoms with Crippen molar-refractivity contribution in [3.8, 4) is 0 Å². The molecule has 0 radical (unpaired) electrons. The van der Waals surface area contributed by atoms with Crippen LogP contribution >= 0.6 is 11.6 Å². The molecular weight excluding hydrogens is 281 g/mol. The molecule has 1 fully saturated rings. The van der Waals surface area contributed by atoms with Crippen LogP contribution in [-0.2, 0) is 10.7 Å². The SMILES string of the molecule is Cc1cc2c(cc1F)nc(CCl)n2C1CCC(=O)NC1. The smallest absolute Gasteiger partial charge is 0.220 e. The van der Waals surface area contributed by atoms with E-state index in [2.05, 4.69) is 10.3 Å². The number of nitrogens with zero attached hydrogens (tertiary/aromatic N) is 2. The van der Waals surface area contributed by atoms with E-state index in [4.69, 9.17) is 11.6 Å². The Labute approximate surface area is 120 Å². The molecule has 0 spiro atoms. The van der Waals surface area contributed by atoms with Crippen molar-refractivity contribution in [1.82, 2.24) is 14.9 Å². The van der Waals surface area contributed by atoms with Crippen molar-refractivity contribution in [3.05, 3.63) is 29.3 Å². The number of alkyl halides is 1. The molecule has 106 valence electrons. The van der Waals surface area contributed by atoms with E-state index in [-0.39, 0.29) is 23.6 Å². The number of benzene rings is 1. The summed E-state index contributed by atoms with van der Waals surface area (Å²) in [5, 5.41) is 2.86. The largest absolute Gasteiger partial charge is 0.354 e. The number of halogens is 2. The summed E-state index contributed by atoms with van der Waals surface area (Å²) in [7, 11) is 0. The van der Waals surface area contributed by atoms with Crippen molar-refractivity contribution < 1.29 is 9.18 Å². The highest BCUT2D eigenvalue weighted by Crippen LogP contribution is 2.28. The number of piperidine rings is 1. The van der Waals surface area contributed by atoms with E-state index in [0.29, 0.717) is 29.9 Å². The molecular formula is C14H15ClFN3O. The molecule has 1 aromatic carbocycles. The second kappa shape index (κ2) is 5.05. The Morgan fingerprint density at radius 2 is 2.35 bits per heavy atom. The number of hydrogen-bond acceptors (Lipinski definition) is 2. The van der Waals surface area contributed by atoms with Crippen LogP contribution in [-0.4, -0.2) is 22.0 Å². The average Bonchev–Trinajstić information content (AvgIpc) is 2.78. The summed E-state index contributed by atoms with van der Waals surface area (Å²) in [6, 6.07) is 3.36. The first-order valence-electron chi connectivity index (χ1n) is 6.59. The third-order valence-corrected chi connectivity index (χ3v) is 4.01. The summed E-state index contributed by atoms with van der Waals surface area (Å²) < 4.78 is 15.7. The standard InChI is InChI=1S/C14H15ClFN3O/c1-8-4-12-11(5-10(8)16)18-13(6-15)19(12)9-2-3-14(20)17-7-9/h4-5,9H,2-3,6-7H2,1H3,(H,17,20). The first kappa shape index (κ1) is 13.4. The second-order valence-corrected chi connectivity index (χ2v) is 5.39. The summed E-state index contributed by atoms with van der Waals surface area (Å²) in [6.45, 7) is 2.29. The molecule has 4 nitrogen and oxygen atoms in total. The normalized spacial score (nSPS) is 19.4. The van der Waals surface area contributed by atoms with Crippen molar-refractivity contribution in [1.29, 1.82) is 0 Å². The van der Waals surface area contributed by atoms with Crippen LogP contribution in [0.15, 0.2) is 12.1 Å².